The molecule has 0 radical (unpaired) electrons. The first-order valence-corrected chi connectivity index (χ1v) is 8.96. The molecule has 0 atom stereocenters. The fourth-order valence-corrected chi connectivity index (χ4v) is 3.25. The molecule has 0 aliphatic heterocycles. The summed E-state index contributed by atoms with van der Waals surface area (Å²) in [7, 11) is 6.46. The average molecular weight is 396 g/mol. The third kappa shape index (κ3) is 3.87. The zero-order chi connectivity index (χ0) is 21.1. The number of pyridine rings is 1. The number of amides is 1. The summed E-state index contributed by atoms with van der Waals surface area (Å²) in [5.41, 5.74) is 4.65. The van der Waals surface area contributed by atoms with E-state index in [0.717, 1.165) is 22.5 Å². The Morgan fingerprint density at radius 2 is 1.66 bits per heavy atom. The van der Waals surface area contributed by atoms with Crippen molar-refractivity contribution in [1.29, 1.82) is 0 Å². The van der Waals surface area contributed by atoms with E-state index >= 15 is 0 Å². The van der Waals surface area contributed by atoms with Gasteiger partial charge in [-0.25, -0.2) is 0 Å². The summed E-state index contributed by atoms with van der Waals surface area (Å²) in [4.78, 5) is 17.1. The van der Waals surface area contributed by atoms with Gasteiger partial charge < -0.3 is 19.5 Å². The fourth-order valence-electron chi connectivity index (χ4n) is 3.25. The molecule has 2 aromatic heterocycles. The molecule has 8 heteroatoms. The molecule has 1 N–H and O–H groups in total. The Labute approximate surface area is 169 Å². The van der Waals surface area contributed by atoms with Gasteiger partial charge in [-0.3, -0.25) is 14.5 Å². The van der Waals surface area contributed by atoms with Crippen molar-refractivity contribution in [2.75, 3.05) is 26.6 Å². The van der Waals surface area contributed by atoms with Crippen LogP contribution in [0.15, 0.2) is 30.6 Å². The lowest BCUT2D eigenvalue weighted by Crippen LogP contribution is -2.13. The minimum atomic E-state index is -0.298. The number of anilines is 1. The number of nitrogens with zero attached hydrogens (tertiary/aromatic N) is 3. The van der Waals surface area contributed by atoms with Crippen molar-refractivity contribution in [3.63, 3.8) is 0 Å². The van der Waals surface area contributed by atoms with Gasteiger partial charge in [0.2, 0.25) is 5.75 Å². The molecule has 3 aromatic rings. The van der Waals surface area contributed by atoms with Crippen molar-refractivity contribution in [2.45, 2.75) is 13.8 Å². The Morgan fingerprint density at radius 1 is 1.00 bits per heavy atom. The average Bonchev–Trinajstić information content (AvgIpc) is 2.98. The topological polar surface area (TPSA) is 87.5 Å². The number of aryl methyl sites for hydroxylation is 2. The highest BCUT2D eigenvalue weighted by Gasteiger charge is 2.17. The summed E-state index contributed by atoms with van der Waals surface area (Å²) in [5, 5.41) is 7.29. The van der Waals surface area contributed by atoms with Crippen molar-refractivity contribution < 1.29 is 19.0 Å². The molecule has 29 heavy (non-hydrogen) atoms. The molecular formula is C21H24N4O4. The summed E-state index contributed by atoms with van der Waals surface area (Å²) in [6.45, 7) is 3.92. The Hall–Kier alpha value is -3.55. The molecule has 0 fully saturated rings. The molecule has 0 saturated carbocycles. The van der Waals surface area contributed by atoms with Crippen LogP contribution in [-0.2, 0) is 7.05 Å². The van der Waals surface area contributed by atoms with Crippen molar-refractivity contribution in [2.24, 2.45) is 7.05 Å². The minimum absolute atomic E-state index is 0.298. The van der Waals surface area contributed by atoms with E-state index in [1.54, 1.807) is 24.4 Å². The Kier molecular flexibility index (Phi) is 5.72. The molecule has 8 nitrogen and oxygen atoms in total. The number of rotatable bonds is 6. The Balaban J connectivity index is 1.93. The molecule has 0 unspecified atom stereocenters. The lowest BCUT2D eigenvalue weighted by Gasteiger charge is -2.14. The van der Waals surface area contributed by atoms with Crippen LogP contribution in [-0.4, -0.2) is 42.0 Å². The predicted octanol–water partition coefficient (Wildman–Crippen LogP) is 3.38. The van der Waals surface area contributed by atoms with Gasteiger partial charge in [-0.2, -0.15) is 5.10 Å². The van der Waals surface area contributed by atoms with E-state index in [0.29, 0.717) is 28.5 Å². The molecule has 2 heterocycles. The first kappa shape index (κ1) is 20.2. The largest absolute Gasteiger partial charge is 0.493 e. The zero-order valence-electron chi connectivity index (χ0n) is 17.4. The minimum Gasteiger partial charge on any atom is -0.493 e. The van der Waals surface area contributed by atoms with Crippen LogP contribution in [0, 0.1) is 13.8 Å². The summed E-state index contributed by atoms with van der Waals surface area (Å²) in [6.07, 6.45) is 3.26. The molecule has 0 aliphatic rings. The quantitative estimate of drug-likeness (QED) is 0.687. The van der Waals surface area contributed by atoms with Crippen LogP contribution in [0.25, 0.3) is 11.1 Å². The van der Waals surface area contributed by atoms with Crippen molar-refractivity contribution in [3.8, 4) is 28.4 Å². The molecule has 0 aliphatic carbocycles. The second kappa shape index (κ2) is 8.22. The van der Waals surface area contributed by atoms with Gasteiger partial charge in [0.25, 0.3) is 5.91 Å². The van der Waals surface area contributed by atoms with Gasteiger partial charge in [0.15, 0.2) is 11.5 Å². The highest BCUT2D eigenvalue weighted by atomic mass is 16.5. The van der Waals surface area contributed by atoms with Crippen molar-refractivity contribution >= 4 is 11.6 Å². The van der Waals surface area contributed by atoms with E-state index in [1.807, 2.05) is 25.6 Å². The third-order valence-corrected chi connectivity index (χ3v) is 4.72. The summed E-state index contributed by atoms with van der Waals surface area (Å²) in [6, 6.07) is 5.15. The fraction of sp³-hybridized carbons (Fsp3) is 0.286. The first-order valence-electron chi connectivity index (χ1n) is 8.96. The van der Waals surface area contributed by atoms with Crippen LogP contribution in [0.1, 0.15) is 21.7 Å². The number of ether oxygens (including phenoxy) is 3. The Morgan fingerprint density at radius 3 is 2.17 bits per heavy atom. The van der Waals surface area contributed by atoms with E-state index in [2.05, 4.69) is 15.4 Å². The van der Waals surface area contributed by atoms with Gasteiger partial charge >= 0.3 is 0 Å². The standard InChI is InChI=1S/C21H24N4O4/c1-12-19(13(2)25(3)24-12)14-7-15(11-22-10-14)21(26)23-16-8-17(27-4)20(29-6)18(9-16)28-5/h7-11H,1-6H3,(H,23,26). The molecule has 0 bridgehead atoms. The van der Waals surface area contributed by atoms with E-state index in [9.17, 15) is 4.79 Å². The molecule has 152 valence electrons. The number of benzene rings is 1. The van der Waals surface area contributed by atoms with Crippen molar-refractivity contribution in [1.82, 2.24) is 14.8 Å². The van der Waals surface area contributed by atoms with E-state index in [-0.39, 0.29) is 5.91 Å². The predicted molar refractivity (Wildman–Crippen MR) is 110 cm³/mol. The number of aromatic nitrogens is 3. The lowest BCUT2D eigenvalue weighted by atomic mass is 10.0. The van der Waals surface area contributed by atoms with Gasteiger partial charge in [-0.1, -0.05) is 0 Å². The van der Waals surface area contributed by atoms with Gasteiger partial charge in [0.1, 0.15) is 0 Å². The number of hydrogen-bond acceptors (Lipinski definition) is 6. The molecule has 3 rings (SSSR count). The van der Waals surface area contributed by atoms with Gasteiger partial charge in [0, 0.05) is 54.1 Å². The number of hydrogen-bond donors (Lipinski definition) is 1. The lowest BCUT2D eigenvalue weighted by molar-refractivity contribution is 0.102. The molecule has 1 amide bonds. The van der Waals surface area contributed by atoms with Gasteiger partial charge in [-0.05, 0) is 19.9 Å². The van der Waals surface area contributed by atoms with Crippen LogP contribution in [0.3, 0.4) is 0 Å². The van der Waals surface area contributed by atoms with E-state index in [4.69, 9.17) is 14.2 Å². The highest BCUT2D eigenvalue weighted by Crippen LogP contribution is 2.40. The summed E-state index contributed by atoms with van der Waals surface area (Å²) >= 11 is 0. The van der Waals surface area contributed by atoms with Gasteiger partial charge in [-0.15, -0.1) is 0 Å². The monoisotopic (exact) mass is 396 g/mol. The molecule has 0 saturated heterocycles. The van der Waals surface area contributed by atoms with Gasteiger partial charge in [0.05, 0.1) is 32.6 Å². The molecule has 0 spiro atoms. The zero-order valence-corrected chi connectivity index (χ0v) is 17.4. The molecular weight excluding hydrogens is 372 g/mol. The second-order valence-electron chi connectivity index (χ2n) is 6.50. The maximum Gasteiger partial charge on any atom is 0.257 e. The van der Waals surface area contributed by atoms with Crippen LogP contribution >= 0.6 is 0 Å². The number of nitrogens with one attached hydrogen (secondary N) is 1. The SMILES string of the molecule is COc1cc(NC(=O)c2cncc(-c3c(C)nn(C)c3C)c2)cc(OC)c1OC. The maximum absolute atomic E-state index is 12.8. The van der Waals surface area contributed by atoms with Crippen LogP contribution in [0.5, 0.6) is 17.2 Å². The molecule has 1 aromatic carbocycles. The van der Waals surface area contributed by atoms with Crippen LogP contribution in [0.2, 0.25) is 0 Å². The summed E-state index contributed by atoms with van der Waals surface area (Å²) in [5.74, 6) is 1.07. The smallest absolute Gasteiger partial charge is 0.257 e. The number of carbonyl (C=O) groups is 1. The van der Waals surface area contributed by atoms with E-state index in [1.165, 1.54) is 27.5 Å². The maximum atomic E-state index is 12.8. The van der Waals surface area contributed by atoms with Crippen LogP contribution < -0.4 is 19.5 Å². The summed E-state index contributed by atoms with van der Waals surface area (Å²) < 4.78 is 17.8. The highest BCUT2D eigenvalue weighted by molar-refractivity contribution is 6.05. The normalized spacial score (nSPS) is 10.6. The Bertz CT molecular complexity index is 1030. The van der Waals surface area contributed by atoms with Crippen molar-refractivity contribution in [3.05, 3.63) is 47.5 Å². The third-order valence-electron chi connectivity index (χ3n) is 4.72. The second-order valence-corrected chi connectivity index (χ2v) is 6.50. The number of methoxy groups -OCH3 is 3. The van der Waals surface area contributed by atoms with E-state index < -0.39 is 0 Å². The number of carbonyl (C=O) groups excluding carboxylic acids is 1. The first-order chi connectivity index (χ1) is 13.9. The van der Waals surface area contributed by atoms with Crippen LogP contribution in [0.4, 0.5) is 5.69 Å².